The number of pyridine rings is 1. The monoisotopic (exact) mass is 434 g/mol. The summed E-state index contributed by atoms with van der Waals surface area (Å²) in [5.74, 6) is 0.424. The molecule has 0 spiro atoms. The van der Waals surface area contributed by atoms with Gasteiger partial charge in [-0.15, -0.1) is 0 Å². The van der Waals surface area contributed by atoms with Crippen LogP contribution < -0.4 is 10.7 Å². The highest BCUT2D eigenvalue weighted by Crippen LogP contribution is 2.32. The van der Waals surface area contributed by atoms with Crippen LogP contribution in [0.4, 0.5) is 5.69 Å². The number of rotatable bonds is 4. The van der Waals surface area contributed by atoms with Gasteiger partial charge in [0.2, 0.25) is 0 Å². The lowest BCUT2D eigenvalue weighted by molar-refractivity contribution is -0.113. The van der Waals surface area contributed by atoms with Crippen LogP contribution in [0.3, 0.4) is 0 Å². The van der Waals surface area contributed by atoms with Gasteiger partial charge in [0, 0.05) is 23.1 Å². The minimum absolute atomic E-state index is 0.00970. The second kappa shape index (κ2) is 8.16. The topological polar surface area (TPSA) is 72.2 Å². The van der Waals surface area contributed by atoms with Crippen LogP contribution in [0.5, 0.6) is 0 Å². The van der Waals surface area contributed by atoms with E-state index in [0.717, 1.165) is 22.5 Å². The van der Waals surface area contributed by atoms with E-state index in [1.165, 1.54) is 6.08 Å². The Labute approximate surface area is 185 Å². The first-order valence-corrected chi connectivity index (χ1v) is 10.5. The molecule has 0 aliphatic heterocycles. The molecule has 0 fully saturated rings. The third kappa shape index (κ3) is 4.06. The largest absolute Gasteiger partial charge is 0.455 e. The Balaban J connectivity index is 1.88. The fraction of sp³-hybridized carbons (Fsp3) is 0.240. The second-order valence-corrected chi connectivity index (χ2v) is 8.31. The molecule has 1 N–H and O–H groups in total. The van der Waals surface area contributed by atoms with Crippen molar-refractivity contribution in [2.24, 2.45) is 0 Å². The average Bonchev–Trinajstić information content (AvgIpc) is 2.72. The van der Waals surface area contributed by atoms with Crippen LogP contribution in [0.25, 0.3) is 16.5 Å². The molecule has 2 heterocycles. The standard InChI is InChI=1S/C25H23ClN2O3/c1-13-10-19(15(3)27-21-8-9-22(26)28-16(21)4)25-20(11-13)23(30)14(2)24(31-25)17-6-5-7-18(29)12-17/h5-6,8-12,15,27H,7H2,1-4H3/t15-/m1/s1. The molecule has 0 saturated carbocycles. The lowest BCUT2D eigenvalue weighted by Gasteiger charge is -2.20. The number of ketones is 1. The summed E-state index contributed by atoms with van der Waals surface area (Å²) in [4.78, 5) is 29.4. The number of carbonyl (C=O) groups is 1. The van der Waals surface area contributed by atoms with Gasteiger partial charge in [-0.05, 0) is 57.5 Å². The highest BCUT2D eigenvalue weighted by atomic mass is 35.5. The molecule has 0 bridgehead atoms. The molecule has 0 amide bonds. The van der Waals surface area contributed by atoms with Crippen molar-refractivity contribution in [2.45, 2.75) is 40.2 Å². The van der Waals surface area contributed by atoms with Gasteiger partial charge >= 0.3 is 0 Å². The minimum Gasteiger partial charge on any atom is -0.455 e. The number of carbonyl (C=O) groups excluding carboxylic acids is 1. The number of hydrogen-bond donors (Lipinski definition) is 1. The van der Waals surface area contributed by atoms with Crippen molar-refractivity contribution in [1.29, 1.82) is 0 Å². The van der Waals surface area contributed by atoms with Gasteiger partial charge in [0.1, 0.15) is 16.5 Å². The van der Waals surface area contributed by atoms with E-state index < -0.39 is 0 Å². The highest BCUT2D eigenvalue weighted by Gasteiger charge is 2.20. The van der Waals surface area contributed by atoms with Crippen molar-refractivity contribution in [3.05, 3.63) is 86.0 Å². The van der Waals surface area contributed by atoms with Crippen LogP contribution >= 0.6 is 11.6 Å². The number of fused-ring (bicyclic) bond motifs is 1. The molecule has 2 aromatic heterocycles. The molecule has 1 aromatic carbocycles. The van der Waals surface area contributed by atoms with E-state index in [0.29, 0.717) is 39.4 Å². The lowest BCUT2D eigenvalue weighted by Crippen LogP contribution is -2.14. The zero-order valence-electron chi connectivity index (χ0n) is 17.9. The summed E-state index contributed by atoms with van der Waals surface area (Å²) < 4.78 is 6.31. The Morgan fingerprint density at radius 3 is 2.65 bits per heavy atom. The number of aromatic nitrogens is 1. The van der Waals surface area contributed by atoms with Crippen LogP contribution in [-0.4, -0.2) is 10.8 Å². The van der Waals surface area contributed by atoms with Gasteiger partial charge < -0.3 is 9.73 Å². The Morgan fingerprint density at radius 1 is 1.16 bits per heavy atom. The van der Waals surface area contributed by atoms with E-state index in [2.05, 4.69) is 10.3 Å². The molecule has 1 atom stereocenters. The fourth-order valence-corrected chi connectivity index (χ4v) is 4.07. The van der Waals surface area contributed by atoms with E-state index in [9.17, 15) is 9.59 Å². The number of benzene rings is 1. The second-order valence-electron chi connectivity index (χ2n) is 7.92. The molecule has 31 heavy (non-hydrogen) atoms. The maximum Gasteiger partial charge on any atom is 0.196 e. The summed E-state index contributed by atoms with van der Waals surface area (Å²) in [5.41, 5.74) is 5.00. The number of nitrogens with zero attached hydrogens (tertiary/aromatic N) is 1. The van der Waals surface area contributed by atoms with Gasteiger partial charge in [0.15, 0.2) is 11.2 Å². The molecule has 1 aliphatic rings. The summed E-state index contributed by atoms with van der Waals surface area (Å²) in [5, 5.41) is 4.41. The molecule has 4 rings (SSSR count). The maximum absolute atomic E-state index is 13.2. The normalized spacial score (nSPS) is 14.6. The van der Waals surface area contributed by atoms with Crippen LogP contribution in [0.15, 0.2) is 51.7 Å². The molecule has 5 nitrogen and oxygen atoms in total. The number of hydrogen-bond acceptors (Lipinski definition) is 5. The van der Waals surface area contributed by atoms with Gasteiger partial charge in [0.25, 0.3) is 0 Å². The number of nitrogens with one attached hydrogen (secondary N) is 1. The van der Waals surface area contributed by atoms with Crippen LogP contribution in [0.1, 0.15) is 47.5 Å². The van der Waals surface area contributed by atoms with E-state index in [-0.39, 0.29) is 17.3 Å². The Kier molecular flexibility index (Phi) is 5.54. The average molecular weight is 435 g/mol. The predicted molar refractivity (Wildman–Crippen MR) is 125 cm³/mol. The van der Waals surface area contributed by atoms with Crippen molar-refractivity contribution in [2.75, 3.05) is 5.32 Å². The van der Waals surface area contributed by atoms with Gasteiger partial charge in [-0.25, -0.2) is 4.98 Å². The summed E-state index contributed by atoms with van der Waals surface area (Å²) in [6.07, 6.45) is 5.52. The number of anilines is 1. The summed E-state index contributed by atoms with van der Waals surface area (Å²) in [7, 11) is 0. The van der Waals surface area contributed by atoms with E-state index in [4.69, 9.17) is 16.0 Å². The maximum atomic E-state index is 13.2. The van der Waals surface area contributed by atoms with Crippen LogP contribution in [0, 0.1) is 20.8 Å². The number of halogens is 1. The molecule has 158 valence electrons. The van der Waals surface area contributed by atoms with Crippen molar-refractivity contribution in [3.8, 4) is 0 Å². The molecular weight excluding hydrogens is 412 g/mol. The predicted octanol–water partition coefficient (Wildman–Crippen LogP) is 5.85. The van der Waals surface area contributed by atoms with Crippen molar-refractivity contribution in [3.63, 3.8) is 0 Å². The van der Waals surface area contributed by atoms with Gasteiger partial charge in [-0.1, -0.05) is 29.8 Å². The molecular formula is C25H23ClN2O3. The third-order valence-corrected chi connectivity index (χ3v) is 5.69. The quantitative estimate of drug-likeness (QED) is 0.521. The van der Waals surface area contributed by atoms with Crippen molar-refractivity contribution in [1.82, 2.24) is 4.98 Å². The lowest BCUT2D eigenvalue weighted by atomic mass is 9.97. The first kappa shape index (κ1) is 21.1. The zero-order valence-corrected chi connectivity index (χ0v) is 18.6. The summed E-state index contributed by atoms with van der Waals surface area (Å²) in [6.45, 7) is 7.58. The van der Waals surface area contributed by atoms with Gasteiger partial charge in [-0.3, -0.25) is 9.59 Å². The first-order valence-electron chi connectivity index (χ1n) is 10.1. The Morgan fingerprint density at radius 2 is 1.94 bits per heavy atom. The van der Waals surface area contributed by atoms with Gasteiger partial charge in [-0.2, -0.15) is 0 Å². The van der Waals surface area contributed by atoms with Crippen molar-refractivity contribution >= 4 is 39.6 Å². The zero-order chi connectivity index (χ0) is 22.3. The molecule has 0 radical (unpaired) electrons. The van der Waals surface area contributed by atoms with Crippen molar-refractivity contribution < 1.29 is 9.21 Å². The van der Waals surface area contributed by atoms with E-state index in [1.54, 1.807) is 19.1 Å². The molecule has 0 saturated heterocycles. The fourth-order valence-electron chi connectivity index (χ4n) is 3.88. The number of allylic oxidation sites excluding steroid dienone is 4. The SMILES string of the molecule is Cc1cc([C@@H](C)Nc2ccc(Cl)nc2C)c2oc(C3=CC(=O)CC=C3)c(C)c(=O)c2c1. The highest BCUT2D eigenvalue weighted by molar-refractivity contribution is 6.29. The first-order chi connectivity index (χ1) is 14.7. The smallest absolute Gasteiger partial charge is 0.196 e. The van der Waals surface area contributed by atoms with Crippen LogP contribution in [0.2, 0.25) is 5.15 Å². The van der Waals surface area contributed by atoms with Crippen LogP contribution in [-0.2, 0) is 4.79 Å². The summed E-state index contributed by atoms with van der Waals surface area (Å²) >= 11 is 5.98. The molecule has 6 heteroatoms. The van der Waals surface area contributed by atoms with Gasteiger partial charge in [0.05, 0.1) is 22.8 Å². The van der Waals surface area contributed by atoms with E-state index in [1.807, 2.05) is 45.0 Å². The molecule has 3 aromatic rings. The van der Waals surface area contributed by atoms with E-state index >= 15 is 0 Å². The third-order valence-electron chi connectivity index (χ3n) is 5.48. The Bertz CT molecular complexity index is 1330. The molecule has 0 unspecified atom stereocenters. The minimum atomic E-state index is -0.166. The number of aryl methyl sites for hydroxylation is 2. The summed E-state index contributed by atoms with van der Waals surface area (Å²) in [6, 6.07) is 7.31. The Hall–Kier alpha value is -3.18. The molecule has 1 aliphatic carbocycles.